The zero-order chi connectivity index (χ0) is 12.3. The molecule has 0 saturated carbocycles. The molecule has 3 nitrogen and oxygen atoms in total. The predicted octanol–water partition coefficient (Wildman–Crippen LogP) is 3.29. The lowest BCUT2D eigenvalue weighted by atomic mass is 9.97. The van der Waals surface area contributed by atoms with E-state index in [0.29, 0.717) is 11.6 Å². The van der Waals surface area contributed by atoms with Crippen LogP contribution < -0.4 is 5.73 Å². The Morgan fingerprint density at radius 1 is 1.75 bits per heavy atom. The highest BCUT2D eigenvalue weighted by Crippen LogP contribution is 2.38. The van der Waals surface area contributed by atoms with E-state index in [1.165, 1.54) is 11.3 Å². The van der Waals surface area contributed by atoms with Gasteiger partial charge in [0.1, 0.15) is 0 Å². The maximum absolute atomic E-state index is 11.4. The van der Waals surface area contributed by atoms with Crippen LogP contribution in [-0.4, -0.2) is 12.6 Å². The number of hydrogen-bond acceptors (Lipinski definition) is 4. The Balaban J connectivity index is 2.85. The first kappa shape index (κ1) is 14.0. The highest BCUT2D eigenvalue weighted by atomic mass is 79.9. The van der Waals surface area contributed by atoms with E-state index in [1.807, 2.05) is 0 Å². The Bertz CT molecular complexity index is 392. The molecule has 16 heavy (non-hydrogen) atoms. The number of carbonyl (C=O) groups excluding carboxylic acids is 1. The summed E-state index contributed by atoms with van der Waals surface area (Å²) in [5.74, 6) is -0.312. The minimum absolute atomic E-state index is 0.119. The van der Waals surface area contributed by atoms with Gasteiger partial charge in [-0.2, -0.15) is 0 Å². The van der Waals surface area contributed by atoms with Crippen LogP contribution in [0.15, 0.2) is 9.85 Å². The molecule has 1 heterocycles. The number of carbonyl (C=O) groups is 1. The number of hydrogen-bond donors (Lipinski definition) is 1. The number of thiophene rings is 1. The lowest BCUT2D eigenvalue weighted by Gasteiger charge is -2.22. The summed E-state index contributed by atoms with van der Waals surface area (Å²) in [7, 11) is 0. The van der Waals surface area contributed by atoms with Crippen molar-refractivity contribution in [2.24, 2.45) is 5.73 Å². The third kappa shape index (κ3) is 3.45. The Kier molecular flexibility index (Phi) is 4.79. The van der Waals surface area contributed by atoms with Crippen molar-refractivity contribution in [2.45, 2.75) is 25.8 Å². The summed E-state index contributed by atoms with van der Waals surface area (Å²) >= 11 is 10.8. The van der Waals surface area contributed by atoms with Crippen LogP contribution in [0, 0.1) is 0 Å². The van der Waals surface area contributed by atoms with Gasteiger partial charge in [0.05, 0.1) is 27.4 Å². The monoisotopic (exact) mass is 325 g/mol. The standard InChI is InChI=1S/C10H13BrClNO2S/c1-3-15-8(14)5-10(2,13)9-6(12)4-7(11)16-9/h4H,3,5,13H2,1-2H3/t10-/m0/s1. The summed E-state index contributed by atoms with van der Waals surface area (Å²) < 4.78 is 5.77. The second kappa shape index (κ2) is 5.49. The van der Waals surface area contributed by atoms with Gasteiger partial charge in [-0.1, -0.05) is 11.6 Å². The molecule has 0 radical (unpaired) electrons. The summed E-state index contributed by atoms with van der Waals surface area (Å²) in [6.07, 6.45) is 0.119. The van der Waals surface area contributed by atoms with Gasteiger partial charge in [-0.15, -0.1) is 11.3 Å². The van der Waals surface area contributed by atoms with Crippen molar-refractivity contribution in [1.82, 2.24) is 0 Å². The van der Waals surface area contributed by atoms with Gasteiger partial charge in [0.2, 0.25) is 0 Å². The molecule has 0 spiro atoms. The minimum Gasteiger partial charge on any atom is -0.466 e. The fourth-order valence-corrected chi connectivity index (χ4v) is 3.51. The quantitative estimate of drug-likeness (QED) is 0.864. The second-order valence-corrected chi connectivity index (χ2v) is 6.47. The van der Waals surface area contributed by atoms with Crippen LogP contribution in [0.4, 0.5) is 0 Å². The van der Waals surface area contributed by atoms with Crippen LogP contribution in [0.3, 0.4) is 0 Å². The number of halogens is 2. The van der Waals surface area contributed by atoms with Crippen molar-refractivity contribution in [3.63, 3.8) is 0 Å². The molecule has 1 aromatic rings. The van der Waals surface area contributed by atoms with Crippen LogP contribution in [0.25, 0.3) is 0 Å². The first-order chi connectivity index (χ1) is 7.36. The lowest BCUT2D eigenvalue weighted by molar-refractivity contribution is -0.144. The van der Waals surface area contributed by atoms with E-state index in [1.54, 1.807) is 19.9 Å². The second-order valence-electron chi connectivity index (χ2n) is 3.63. The molecule has 1 rings (SSSR count). The first-order valence-electron chi connectivity index (χ1n) is 4.76. The Morgan fingerprint density at radius 3 is 2.81 bits per heavy atom. The highest BCUT2D eigenvalue weighted by Gasteiger charge is 2.29. The number of esters is 1. The van der Waals surface area contributed by atoms with E-state index in [9.17, 15) is 4.79 Å². The number of ether oxygens (including phenoxy) is 1. The van der Waals surface area contributed by atoms with E-state index < -0.39 is 5.54 Å². The molecule has 6 heteroatoms. The van der Waals surface area contributed by atoms with E-state index in [0.717, 1.165) is 8.66 Å². The van der Waals surface area contributed by atoms with Crippen LogP contribution in [-0.2, 0) is 15.1 Å². The minimum atomic E-state index is -0.792. The summed E-state index contributed by atoms with van der Waals surface area (Å²) in [6.45, 7) is 3.89. The van der Waals surface area contributed by atoms with E-state index in [2.05, 4.69) is 15.9 Å². The van der Waals surface area contributed by atoms with Gasteiger partial charge in [0.15, 0.2) is 0 Å². The van der Waals surface area contributed by atoms with Crippen LogP contribution in [0.2, 0.25) is 5.02 Å². The normalized spacial score (nSPS) is 14.6. The maximum Gasteiger partial charge on any atom is 0.308 e. The molecule has 1 atom stereocenters. The molecule has 1 aromatic heterocycles. The molecule has 0 bridgehead atoms. The number of nitrogens with two attached hydrogens (primary N) is 1. The predicted molar refractivity (Wildman–Crippen MR) is 69.8 cm³/mol. The fraction of sp³-hybridized carbons (Fsp3) is 0.500. The molecule has 0 aromatic carbocycles. The zero-order valence-corrected chi connectivity index (χ0v) is 12.2. The van der Waals surface area contributed by atoms with Gasteiger partial charge in [0.25, 0.3) is 0 Å². The van der Waals surface area contributed by atoms with Gasteiger partial charge < -0.3 is 10.5 Å². The topological polar surface area (TPSA) is 52.3 Å². The van der Waals surface area contributed by atoms with Gasteiger partial charge in [-0.25, -0.2) is 0 Å². The third-order valence-electron chi connectivity index (χ3n) is 1.99. The van der Waals surface area contributed by atoms with Gasteiger partial charge in [-0.05, 0) is 35.8 Å². The highest BCUT2D eigenvalue weighted by molar-refractivity contribution is 9.11. The molecule has 0 aliphatic carbocycles. The average Bonchev–Trinajstić information content (AvgIpc) is 2.45. The van der Waals surface area contributed by atoms with Gasteiger partial charge in [0, 0.05) is 4.88 Å². The Hall–Kier alpha value is -0.100. The Morgan fingerprint density at radius 2 is 2.38 bits per heavy atom. The molecule has 0 amide bonds. The van der Waals surface area contributed by atoms with E-state index >= 15 is 0 Å². The van der Waals surface area contributed by atoms with Gasteiger partial charge >= 0.3 is 5.97 Å². The van der Waals surface area contributed by atoms with E-state index in [4.69, 9.17) is 22.1 Å². The molecular formula is C10H13BrClNO2S. The maximum atomic E-state index is 11.4. The summed E-state index contributed by atoms with van der Waals surface area (Å²) in [5.41, 5.74) is 5.30. The fourth-order valence-electron chi connectivity index (χ4n) is 1.32. The van der Waals surface area contributed by atoms with Crippen LogP contribution in [0.5, 0.6) is 0 Å². The van der Waals surface area contributed by atoms with Crippen LogP contribution >= 0.6 is 38.9 Å². The SMILES string of the molecule is CCOC(=O)C[C@](C)(N)c1sc(Br)cc1Cl. The van der Waals surface area contributed by atoms with Crippen molar-refractivity contribution in [1.29, 1.82) is 0 Å². The molecule has 0 unspecified atom stereocenters. The summed E-state index contributed by atoms with van der Waals surface area (Å²) in [4.78, 5) is 12.2. The zero-order valence-electron chi connectivity index (χ0n) is 9.05. The molecule has 90 valence electrons. The molecule has 2 N–H and O–H groups in total. The Labute approximate surface area is 112 Å². The first-order valence-corrected chi connectivity index (χ1v) is 6.75. The van der Waals surface area contributed by atoms with Crippen molar-refractivity contribution >= 4 is 44.8 Å². The van der Waals surface area contributed by atoms with Crippen molar-refractivity contribution in [2.75, 3.05) is 6.61 Å². The molecule has 0 fully saturated rings. The molecule has 0 aliphatic rings. The van der Waals surface area contributed by atoms with Crippen molar-refractivity contribution < 1.29 is 9.53 Å². The third-order valence-corrected chi connectivity index (χ3v) is 4.32. The lowest BCUT2D eigenvalue weighted by Crippen LogP contribution is -2.35. The van der Waals surface area contributed by atoms with E-state index in [-0.39, 0.29) is 12.4 Å². The molecular weight excluding hydrogens is 314 g/mol. The van der Waals surface area contributed by atoms with Gasteiger partial charge in [-0.3, -0.25) is 4.79 Å². The summed E-state index contributed by atoms with van der Waals surface area (Å²) in [5, 5.41) is 0.575. The largest absolute Gasteiger partial charge is 0.466 e. The average molecular weight is 327 g/mol. The number of rotatable bonds is 4. The van der Waals surface area contributed by atoms with Crippen molar-refractivity contribution in [3.8, 4) is 0 Å². The van der Waals surface area contributed by atoms with Crippen molar-refractivity contribution in [3.05, 3.63) is 19.8 Å². The summed E-state index contributed by atoms with van der Waals surface area (Å²) in [6, 6.07) is 1.78. The van der Waals surface area contributed by atoms with Crippen LogP contribution in [0.1, 0.15) is 25.1 Å². The smallest absolute Gasteiger partial charge is 0.308 e. The molecule has 0 saturated heterocycles. The molecule has 0 aliphatic heterocycles.